The maximum atomic E-state index is 7.04. The van der Waals surface area contributed by atoms with Crippen molar-refractivity contribution < 1.29 is 8.83 Å². The van der Waals surface area contributed by atoms with Crippen LogP contribution in [0.5, 0.6) is 0 Å². The first-order valence-electron chi connectivity index (χ1n) is 23.2. The molecule has 0 radical (unpaired) electrons. The van der Waals surface area contributed by atoms with Crippen molar-refractivity contribution in [2.24, 2.45) is 28.7 Å². The molecule has 5 aliphatic carbocycles. The van der Waals surface area contributed by atoms with Crippen molar-refractivity contribution in [1.82, 2.24) is 0 Å². The van der Waals surface area contributed by atoms with Crippen LogP contribution in [0, 0.1) is 23.7 Å². The smallest absolute Gasteiger partial charge is 0.135 e. The second kappa shape index (κ2) is 14.8. The fourth-order valence-electron chi connectivity index (χ4n) is 12.0. The van der Waals surface area contributed by atoms with E-state index in [0.717, 1.165) is 54.8 Å². The van der Waals surface area contributed by atoms with Crippen LogP contribution in [0.2, 0.25) is 0 Å². The van der Waals surface area contributed by atoms with Crippen LogP contribution in [0.4, 0.5) is 0 Å². The van der Waals surface area contributed by atoms with E-state index in [1.54, 1.807) is 0 Å². The van der Waals surface area contributed by atoms with Gasteiger partial charge < -0.3 is 8.83 Å². The SMILES string of the molecule is CC1C=C(C2CC(C3C=CC=CC3)CC(c3ccccc3)=N2)C=C(c2cccc(-c3cccc4oc5c(c34)C=C(C3(C)CC=Cc4c3oc3ccccc43)C3C=CC=CC53C)c2)C1. The predicted octanol–water partition coefficient (Wildman–Crippen LogP) is 15.4. The first-order valence-corrected chi connectivity index (χ1v) is 23.2. The van der Waals surface area contributed by atoms with Gasteiger partial charge in [0, 0.05) is 33.5 Å². The zero-order chi connectivity index (χ0) is 42.3. The summed E-state index contributed by atoms with van der Waals surface area (Å²) in [5.41, 5.74) is 13.9. The number of benzene rings is 4. The maximum Gasteiger partial charge on any atom is 0.135 e. The molecule has 0 bridgehead atoms. The van der Waals surface area contributed by atoms with Crippen LogP contribution in [0.25, 0.3) is 50.8 Å². The minimum absolute atomic E-state index is 0.117. The number of allylic oxidation sites excluding steroid dienone is 12. The average molecular weight is 820 g/mol. The topological polar surface area (TPSA) is 38.6 Å². The number of rotatable bonds is 6. The van der Waals surface area contributed by atoms with Gasteiger partial charge in [-0.1, -0.05) is 159 Å². The molecule has 7 atom stereocenters. The van der Waals surface area contributed by atoms with Gasteiger partial charge in [-0.25, -0.2) is 0 Å². The Morgan fingerprint density at radius 1 is 0.698 bits per heavy atom. The molecule has 0 amide bonds. The highest BCUT2D eigenvalue weighted by molar-refractivity contribution is 6.03. The van der Waals surface area contributed by atoms with Crippen molar-refractivity contribution in [2.75, 3.05) is 0 Å². The Morgan fingerprint density at radius 2 is 1.49 bits per heavy atom. The van der Waals surface area contributed by atoms with Crippen LogP contribution in [0.1, 0.15) is 86.6 Å². The lowest BCUT2D eigenvalue weighted by Crippen LogP contribution is -2.41. The van der Waals surface area contributed by atoms with Crippen molar-refractivity contribution in [3.8, 4) is 11.1 Å². The molecular formula is C60H53NO2. The van der Waals surface area contributed by atoms with Gasteiger partial charge in [-0.05, 0) is 127 Å². The van der Waals surface area contributed by atoms with Crippen LogP contribution < -0.4 is 0 Å². The summed E-state index contributed by atoms with van der Waals surface area (Å²) in [6.07, 6.45) is 35.5. The number of para-hydroxylation sites is 1. The van der Waals surface area contributed by atoms with Gasteiger partial charge in [-0.2, -0.15) is 0 Å². The molecule has 0 N–H and O–H groups in total. The summed E-state index contributed by atoms with van der Waals surface area (Å²) >= 11 is 0. The summed E-state index contributed by atoms with van der Waals surface area (Å²) in [5, 5.41) is 2.36. The molecule has 6 aromatic rings. The fraction of sp³-hybridized carbons (Fsp3) is 0.250. The van der Waals surface area contributed by atoms with Gasteiger partial charge in [0.1, 0.15) is 22.7 Å². The molecule has 3 nitrogen and oxygen atoms in total. The minimum Gasteiger partial charge on any atom is -0.459 e. The van der Waals surface area contributed by atoms with Crippen LogP contribution in [0.3, 0.4) is 0 Å². The molecule has 0 fully saturated rings. The zero-order valence-corrected chi connectivity index (χ0v) is 36.4. The Labute approximate surface area is 371 Å². The van der Waals surface area contributed by atoms with Crippen LogP contribution in [-0.2, 0) is 10.8 Å². The summed E-state index contributed by atoms with van der Waals surface area (Å²) in [4.78, 5) is 5.55. The van der Waals surface area contributed by atoms with Gasteiger partial charge in [0.15, 0.2) is 0 Å². The lowest BCUT2D eigenvalue weighted by Gasteiger charge is -2.45. The first-order chi connectivity index (χ1) is 30.8. The van der Waals surface area contributed by atoms with E-state index in [0.29, 0.717) is 17.8 Å². The number of hydrogen-bond donors (Lipinski definition) is 0. The van der Waals surface area contributed by atoms with Gasteiger partial charge in [-0.3, -0.25) is 4.99 Å². The normalized spacial score (nSPS) is 28.3. The second-order valence-electron chi connectivity index (χ2n) is 19.4. The van der Waals surface area contributed by atoms with E-state index in [4.69, 9.17) is 13.8 Å². The van der Waals surface area contributed by atoms with Crippen molar-refractivity contribution in [3.05, 3.63) is 209 Å². The molecular weight excluding hydrogens is 767 g/mol. The molecule has 0 spiro atoms. The molecule has 63 heavy (non-hydrogen) atoms. The molecule has 3 heterocycles. The molecule has 1 aliphatic heterocycles. The number of furan rings is 2. The van der Waals surface area contributed by atoms with Crippen LogP contribution >= 0.6 is 0 Å². The molecule has 0 saturated heterocycles. The third-order valence-electron chi connectivity index (χ3n) is 15.3. The van der Waals surface area contributed by atoms with E-state index >= 15 is 0 Å². The maximum absolute atomic E-state index is 7.04. The van der Waals surface area contributed by atoms with Crippen molar-refractivity contribution in [3.63, 3.8) is 0 Å². The van der Waals surface area contributed by atoms with Crippen molar-refractivity contribution in [2.45, 2.75) is 69.7 Å². The Balaban J connectivity index is 0.949. The first kappa shape index (κ1) is 38.2. The molecule has 12 rings (SSSR count). The number of nitrogens with zero attached hydrogens (tertiary/aromatic N) is 1. The molecule has 0 saturated carbocycles. The molecule has 310 valence electrons. The van der Waals surface area contributed by atoms with E-state index in [9.17, 15) is 0 Å². The molecule has 7 unspecified atom stereocenters. The average Bonchev–Trinajstić information content (AvgIpc) is 3.92. The number of hydrogen-bond acceptors (Lipinski definition) is 3. The zero-order valence-electron chi connectivity index (χ0n) is 36.4. The minimum atomic E-state index is -0.362. The van der Waals surface area contributed by atoms with Crippen LogP contribution in [-0.4, -0.2) is 11.8 Å². The largest absolute Gasteiger partial charge is 0.459 e. The van der Waals surface area contributed by atoms with Crippen molar-refractivity contribution in [1.29, 1.82) is 0 Å². The molecule has 6 aliphatic rings. The highest BCUT2D eigenvalue weighted by Crippen LogP contribution is 2.58. The van der Waals surface area contributed by atoms with Crippen molar-refractivity contribution >= 4 is 45.4 Å². The molecule has 3 heteroatoms. The van der Waals surface area contributed by atoms with Crippen LogP contribution in [0.15, 0.2) is 189 Å². The van der Waals surface area contributed by atoms with Gasteiger partial charge in [-0.15, -0.1) is 0 Å². The Morgan fingerprint density at radius 3 is 2.38 bits per heavy atom. The summed E-state index contributed by atoms with van der Waals surface area (Å²) in [6.45, 7) is 7.12. The predicted molar refractivity (Wildman–Crippen MR) is 262 cm³/mol. The lowest BCUT2D eigenvalue weighted by atomic mass is 9.57. The summed E-state index contributed by atoms with van der Waals surface area (Å²) in [6, 6.07) is 35.3. The Hall–Kier alpha value is -6.45. The quantitative estimate of drug-likeness (QED) is 0.168. The van der Waals surface area contributed by atoms with Gasteiger partial charge in [0.2, 0.25) is 0 Å². The standard InChI is InChI=1S/C60H53NO2/c1-38-31-43(34-45(32-38)53-36-44(39-17-6-4-7-18-39)35-52(61-53)40-19-8-5-9-20-40)41-21-14-22-42(33-41)46-24-15-28-55-56(46)49-37-51(50-26-12-13-29-59(50,2)58(49)63-55)60(3)30-16-25-48-47-23-10-11-27-54(47)62-57(48)60/h4-17,19-29,32-34,37-39,44,50,53H,18,30-31,35-36H2,1-3H3. The summed E-state index contributed by atoms with van der Waals surface area (Å²) < 4.78 is 13.9. The highest BCUT2D eigenvalue weighted by Gasteiger charge is 2.51. The Bertz CT molecular complexity index is 3110. The van der Waals surface area contributed by atoms with E-state index in [-0.39, 0.29) is 22.8 Å². The fourth-order valence-corrected chi connectivity index (χ4v) is 12.0. The molecule has 4 aromatic carbocycles. The second-order valence-corrected chi connectivity index (χ2v) is 19.4. The lowest BCUT2D eigenvalue weighted by molar-refractivity contribution is 0.325. The molecule has 2 aromatic heterocycles. The summed E-state index contributed by atoms with van der Waals surface area (Å²) in [5.74, 6) is 3.72. The number of aliphatic imine (C=N–C) groups is 1. The highest BCUT2D eigenvalue weighted by atomic mass is 16.3. The van der Waals surface area contributed by atoms with E-state index in [2.05, 4.69) is 197 Å². The third-order valence-corrected chi connectivity index (χ3v) is 15.3. The van der Waals surface area contributed by atoms with Gasteiger partial charge in [0.05, 0.1) is 16.9 Å². The third kappa shape index (κ3) is 6.26. The summed E-state index contributed by atoms with van der Waals surface area (Å²) in [7, 11) is 0. The van der Waals surface area contributed by atoms with E-state index in [1.807, 2.05) is 0 Å². The number of fused-ring (bicyclic) bond motifs is 8. The van der Waals surface area contributed by atoms with Gasteiger partial charge in [0.25, 0.3) is 0 Å². The van der Waals surface area contributed by atoms with Gasteiger partial charge >= 0.3 is 0 Å². The Kier molecular flexibility index (Phi) is 9.01. The monoisotopic (exact) mass is 819 g/mol. The van der Waals surface area contributed by atoms with E-state index < -0.39 is 0 Å². The van der Waals surface area contributed by atoms with E-state index in [1.165, 1.54) is 66.6 Å².